The lowest BCUT2D eigenvalue weighted by Crippen LogP contribution is -2.64. The zero-order chi connectivity index (χ0) is 23.0. The molecule has 2 aromatic rings. The van der Waals surface area contributed by atoms with Crippen LogP contribution in [0.1, 0.15) is 27.5 Å². The van der Waals surface area contributed by atoms with E-state index in [2.05, 4.69) is 10.9 Å². The van der Waals surface area contributed by atoms with E-state index < -0.39 is 36.1 Å². The van der Waals surface area contributed by atoms with Crippen molar-refractivity contribution in [1.82, 2.24) is 15.8 Å². The summed E-state index contributed by atoms with van der Waals surface area (Å²) in [5.74, 6) is -4.30. The van der Waals surface area contributed by atoms with Crippen LogP contribution >= 0.6 is 0 Å². The van der Waals surface area contributed by atoms with Crippen LogP contribution in [-0.2, 0) is 11.3 Å². The molecule has 170 valence electrons. The number of hydrazine groups is 1. The molecule has 0 radical (unpaired) electrons. The van der Waals surface area contributed by atoms with E-state index in [9.17, 15) is 27.9 Å². The summed E-state index contributed by atoms with van der Waals surface area (Å²) in [5, 5.41) is 9.27. The van der Waals surface area contributed by atoms with E-state index in [0.29, 0.717) is 12.2 Å². The lowest BCUT2D eigenvalue weighted by molar-refractivity contribution is -0.202. The zero-order valence-corrected chi connectivity index (χ0v) is 17.3. The molecule has 2 aliphatic heterocycles. The molecule has 3 N–H and O–H groups in total. The molecule has 0 bridgehead atoms. The summed E-state index contributed by atoms with van der Waals surface area (Å²) in [6.07, 6.45) is -4.68. The van der Waals surface area contributed by atoms with E-state index in [-0.39, 0.29) is 18.7 Å². The number of amides is 1. The first kappa shape index (κ1) is 22.1. The summed E-state index contributed by atoms with van der Waals surface area (Å²) >= 11 is 0. The van der Waals surface area contributed by atoms with E-state index in [4.69, 9.17) is 0 Å². The van der Waals surface area contributed by atoms with Crippen LogP contribution in [0.15, 0.2) is 48.5 Å². The van der Waals surface area contributed by atoms with E-state index in [1.54, 1.807) is 24.1 Å². The van der Waals surface area contributed by atoms with Crippen LogP contribution in [0.3, 0.4) is 0 Å². The number of carboxylic acids is 1. The molecule has 0 saturated carbocycles. The average Bonchev–Trinajstić information content (AvgIpc) is 3.11. The van der Waals surface area contributed by atoms with Gasteiger partial charge in [-0.15, -0.1) is 0 Å². The number of aromatic carboxylic acids is 1. The molecule has 2 aliphatic rings. The molecule has 0 aliphatic carbocycles. The number of hydrogen-bond acceptors (Lipinski definition) is 5. The van der Waals surface area contributed by atoms with Gasteiger partial charge < -0.3 is 10.0 Å². The van der Waals surface area contributed by atoms with Crippen LogP contribution < -0.4 is 15.8 Å². The Kier molecular flexibility index (Phi) is 5.83. The second kappa shape index (κ2) is 8.44. The minimum absolute atomic E-state index is 0.0430. The number of hydrogen-bond donors (Lipinski definition) is 3. The monoisotopic (exact) mass is 448 g/mol. The number of carboxylic acid groups (broad SMARTS) is 1. The third-order valence-corrected chi connectivity index (χ3v) is 6.12. The molecule has 3 atom stereocenters. The summed E-state index contributed by atoms with van der Waals surface area (Å²) in [7, 11) is 1.77. The van der Waals surface area contributed by atoms with E-state index in [1.807, 2.05) is 29.2 Å². The second-order valence-electron chi connectivity index (χ2n) is 8.08. The van der Waals surface area contributed by atoms with Crippen molar-refractivity contribution in [3.05, 3.63) is 65.2 Å². The van der Waals surface area contributed by atoms with Gasteiger partial charge in [0.1, 0.15) is 0 Å². The first-order valence-electron chi connectivity index (χ1n) is 10.1. The summed E-state index contributed by atoms with van der Waals surface area (Å²) < 4.78 is 41.5. The topological polar surface area (TPSA) is 84.9 Å². The highest BCUT2D eigenvalue weighted by atomic mass is 19.4. The highest BCUT2D eigenvalue weighted by Gasteiger charge is 2.54. The maximum Gasteiger partial charge on any atom is 0.402 e. The molecule has 32 heavy (non-hydrogen) atoms. The lowest BCUT2D eigenvalue weighted by atomic mass is 9.93. The molecular weight excluding hydrogens is 425 g/mol. The highest BCUT2D eigenvalue weighted by molar-refractivity contribution is 5.88. The Bertz CT molecular complexity index is 1030. The lowest BCUT2D eigenvalue weighted by Gasteiger charge is -2.42. The van der Waals surface area contributed by atoms with Crippen molar-refractivity contribution in [3.8, 4) is 0 Å². The van der Waals surface area contributed by atoms with Gasteiger partial charge in [0.05, 0.1) is 11.6 Å². The van der Waals surface area contributed by atoms with Crippen LogP contribution in [0.4, 0.5) is 18.9 Å². The van der Waals surface area contributed by atoms with Crippen molar-refractivity contribution in [2.24, 2.45) is 5.92 Å². The van der Waals surface area contributed by atoms with Gasteiger partial charge in [-0.1, -0.05) is 30.3 Å². The van der Waals surface area contributed by atoms with Gasteiger partial charge in [0, 0.05) is 38.4 Å². The SMILES string of the molecule is CN(CC1c2ccccc2CN1C1CNNC(=O)C1C(F)(F)F)c1cccc(C(=O)O)c1. The Morgan fingerprint density at radius 2 is 1.97 bits per heavy atom. The van der Waals surface area contributed by atoms with Gasteiger partial charge in [0.15, 0.2) is 5.92 Å². The van der Waals surface area contributed by atoms with Crippen LogP contribution in [0, 0.1) is 5.92 Å². The molecule has 1 saturated heterocycles. The van der Waals surface area contributed by atoms with E-state index in [1.165, 1.54) is 12.1 Å². The zero-order valence-electron chi connectivity index (χ0n) is 17.3. The number of carbonyl (C=O) groups is 2. The first-order valence-corrected chi connectivity index (χ1v) is 10.1. The van der Waals surface area contributed by atoms with Crippen molar-refractivity contribution >= 4 is 17.6 Å². The number of likely N-dealkylation sites (N-methyl/N-ethyl adjacent to an activating group) is 1. The van der Waals surface area contributed by atoms with Crippen molar-refractivity contribution in [1.29, 1.82) is 0 Å². The number of anilines is 1. The number of alkyl halides is 3. The largest absolute Gasteiger partial charge is 0.478 e. The molecule has 3 unspecified atom stereocenters. The molecule has 2 heterocycles. The Hall–Kier alpha value is -3.11. The molecule has 1 fully saturated rings. The van der Waals surface area contributed by atoms with Crippen LogP contribution in [0.25, 0.3) is 0 Å². The van der Waals surface area contributed by atoms with Gasteiger partial charge in [0.2, 0.25) is 5.91 Å². The molecule has 2 aromatic carbocycles. The van der Waals surface area contributed by atoms with E-state index >= 15 is 0 Å². The van der Waals surface area contributed by atoms with Crippen molar-refractivity contribution in [2.75, 3.05) is 25.0 Å². The van der Waals surface area contributed by atoms with Crippen LogP contribution in [0.5, 0.6) is 0 Å². The molecule has 7 nitrogen and oxygen atoms in total. The normalized spacial score (nSPS) is 23.5. The summed E-state index contributed by atoms with van der Waals surface area (Å²) in [6.45, 7) is 0.567. The highest BCUT2D eigenvalue weighted by Crippen LogP contribution is 2.41. The molecule has 0 spiro atoms. The van der Waals surface area contributed by atoms with E-state index in [0.717, 1.165) is 11.1 Å². The smallest absolute Gasteiger partial charge is 0.402 e. The number of rotatable bonds is 5. The number of nitrogens with one attached hydrogen (secondary N) is 2. The quantitative estimate of drug-likeness (QED) is 0.652. The Morgan fingerprint density at radius 3 is 2.69 bits per heavy atom. The van der Waals surface area contributed by atoms with Gasteiger partial charge in [0.25, 0.3) is 0 Å². The summed E-state index contributed by atoms with van der Waals surface area (Å²) in [5.41, 5.74) is 7.29. The Morgan fingerprint density at radius 1 is 1.22 bits per heavy atom. The van der Waals surface area contributed by atoms with Gasteiger partial charge in [-0.3, -0.25) is 15.1 Å². The minimum atomic E-state index is -4.68. The predicted molar refractivity (Wildman–Crippen MR) is 111 cm³/mol. The minimum Gasteiger partial charge on any atom is -0.478 e. The van der Waals surface area contributed by atoms with Crippen LogP contribution in [0.2, 0.25) is 0 Å². The molecule has 1 amide bonds. The predicted octanol–water partition coefficient (Wildman–Crippen LogP) is 2.56. The third kappa shape index (κ3) is 4.15. The third-order valence-electron chi connectivity index (χ3n) is 6.12. The summed E-state index contributed by atoms with van der Waals surface area (Å²) in [6, 6.07) is 12.4. The Balaban J connectivity index is 1.67. The van der Waals surface area contributed by atoms with Crippen LogP contribution in [-0.4, -0.2) is 54.2 Å². The fourth-order valence-electron chi connectivity index (χ4n) is 4.57. The Labute approximate surface area is 182 Å². The maximum absolute atomic E-state index is 13.8. The van der Waals surface area contributed by atoms with Gasteiger partial charge in [-0.25, -0.2) is 10.2 Å². The molecular formula is C22H23F3N4O3. The molecule has 4 rings (SSSR count). The molecule has 0 aromatic heterocycles. The number of fused-ring (bicyclic) bond motifs is 1. The number of halogens is 3. The van der Waals surface area contributed by atoms with Crippen molar-refractivity contribution < 1.29 is 27.9 Å². The first-order chi connectivity index (χ1) is 15.2. The summed E-state index contributed by atoms with van der Waals surface area (Å²) in [4.78, 5) is 27.0. The number of benzene rings is 2. The van der Waals surface area contributed by atoms with Gasteiger partial charge in [-0.05, 0) is 29.3 Å². The average molecular weight is 448 g/mol. The van der Waals surface area contributed by atoms with Crippen molar-refractivity contribution in [2.45, 2.75) is 24.8 Å². The molecule has 10 heteroatoms. The van der Waals surface area contributed by atoms with Gasteiger partial charge in [-0.2, -0.15) is 13.2 Å². The van der Waals surface area contributed by atoms with Crippen molar-refractivity contribution in [3.63, 3.8) is 0 Å². The maximum atomic E-state index is 13.8. The number of nitrogens with zero attached hydrogens (tertiary/aromatic N) is 2. The fourth-order valence-corrected chi connectivity index (χ4v) is 4.57. The standard InChI is InChI=1S/C22H23F3N4O3/c1-28(15-7-4-6-13(9-15)21(31)32)12-18-16-8-3-2-5-14(16)11-29(18)17-10-26-27-20(30)19(17)22(23,24)25/h2-9,17-19,26H,10-12H2,1H3,(H,27,30)(H,31,32). The van der Waals surface area contributed by atoms with Gasteiger partial charge >= 0.3 is 12.1 Å². The number of carbonyl (C=O) groups excluding carboxylic acids is 1. The fraction of sp³-hybridized carbons (Fsp3) is 0.364. The second-order valence-corrected chi connectivity index (χ2v) is 8.08.